The first-order valence-corrected chi connectivity index (χ1v) is 7.37. The maximum atomic E-state index is 11.6. The van der Waals surface area contributed by atoms with Gasteiger partial charge in [0.2, 0.25) is 0 Å². The van der Waals surface area contributed by atoms with Gasteiger partial charge >= 0.3 is 5.97 Å². The molecule has 2 aromatic carbocycles. The Morgan fingerprint density at radius 3 is 2.29 bits per heavy atom. The fourth-order valence-corrected chi connectivity index (χ4v) is 2.83. The van der Waals surface area contributed by atoms with Crippen molar-refractivity contribution in [2.24, 2.45) is 5.92 Å². The lowest BCUT2D eigenvalue weighted by Gasteiger charge is -2.16. The average molecular weight is 303 g/mol. The van der Waals surface area contributed by atoms with Crippen molar-refractivity contribution in [3.63, 3.8) is 0 Å². The molecule has 0 spiro atoms. The fraction of sp³-hybridized carbons (Fsp3) is 0.278. The van der Waals surface area contributed by atoms with Crippen LogP contribution in [0.3, 0.4) is 0 Å². The van der Waals surface area contributed by atoms with Gasteiger partial charge in [-0.25, -0.2) is 0 Å². The van der Waals surface area contributed by atoms with Crippen LogP contribution in [0.25, 0.3) is 0 Å². The third-order valence-electron chi connectivity index (χ3n) is 3.82. The molecule has 1 N–H and O–H groups in total. The third-order valence-corrected chi connectivity index (χ3v) is 4.05. The standard InChI is InChI=1S/C18H19ClO2/c1-12-5-3-6-13(2)17(12)11-15(18(20)21)9-14-7-4-8-16(19)10-14/h3-8,10,15H,9,11H2,1-2H3,(H,20,21). The quantitative estimate of drug-likeness (QED) is 0.886. The molecule has 0 aliphatic rings. The predicted octanol–water partition coefficient (Wildman–Crippen LogP) is 4.44. The van der Waals surface area contributed by atoms with Crippen LogP contribution < -0.4 is 0 Å². The SMILES string of the molecule is Cc1cccc(C)c1CC(Cc1cccc(Cl)c1)C(=O)O. The largest absolute Gasteiger partial charge is 0.481 e. The minimum atomic E-state index is -0.766. The number of rotatable bonds is 5. The van der Waals surface area contributed by atoms with Gasteiger partial charge in [0.15, 0.2) is 0 Å². The molecule has 21 heavy (non-hydrogen) atoms. The topological polar surface area (TPSA) is 37.3 Å². The number of carbonyl (C=O) groups is 1. The second-order valence-electron chi connectivity index (χ2n) is 5.44. The normalized spacial score (nSPS) is 12.1. The summed E-state index contributed by atoms with van der Waals surface area (Å²) in [5.74, 6) is -1.21. The summed E-state index contributed by atoms with van der Waals surface area (Å²) in [7, 11) is 0. The van der Waals surface area contributed by atoms with E-state index in [-0.39, 0.29) is 0 Å². The van der Waals surface area contributed by atoms with E-state index in [0.29, 0.717) is 17.9 Å². The van der Waals surface area contributed by atoms with Crippen molar-refractivity contribution in [2.75, 3.05) is 0 Å². The van der Waals surface area contributed by atoms with Crippen LogP contribution in [-0.4, -0.2) is 11.1 Å². The second-order valence-corrected chi connectivity index (χ2v) is 5.88. The van der Waals surface area contributed by atoms with Crippen molar-refractivity contribution in [3.8, 4) is 0 Å². The number of aliphatic carboxylic acids is 1. The van der Waals surface area contributed by atoms with Gasteiger partial charge in [0.25, 0.3) is 0 Å². The zero-order valence-electron chi connectivity index (χ0n) is 12.3. The lowest BCUT2D eigenvalue weighted by atomic mass is 9.89. The molecule has 0 aromatic heterocycles. The van der Waals surface area contributed by atoms with Crippen molar-refractivity contribution in [1.29, 1.82) is 0 Å². The Bertz CT molecular complexity index is 629. The van der Waals surface area contributed by atoms with E-state index in [0.717, 1.165) is 22.3 Å². The number of aryl methyl sites for hydroxylation is 2. The summed E-state index contributed by atoms with van der Waals surface area (Å²) in [6, 6.07) is 13.5. The van der Waals surface area contributed by atoms with Crippen LogP contribution in [0, 0.1) is 19.8 Å². The van der Waals surface area contributed by atoms with Gasteiger partial charge in [-0.15, -0.1) is 0 Å². The molecule has 1 unspecified atom stereocenters. The van der Waals surface area contributed by atoms with Crippen molar-refractivity contribution < 1.29 is 9.90 Å². The number of benzene rings is 2. The van der Waals surface area contributed by atoms with Crippen LogP contribution in [0.2, 0.25) is 5.02 Å². The molecule has 2 nitrogen and oxygen atoms in total. The molecule has 0 saturated heterocycles. The van der Waals surface area contributed by atoms with Gasteiger partial charge < -0.3 is 5.11 Å². The summed E-state index contributed by atoms with van der Waals surface area (Å²) in [6.45, 7) is 4.06. The molecule has 3 heteroatoms. The van der Waals surface area contributed by atoms with Crippen molar-refractivity contribution in [1.82, 2.24) is 0 Å². The zero-order chi connectivity index (χ0) is 15.4. The van der Waals surface area contributed by atoms with Crippen LogP contribution in [-0.2, 0) is 17.6 Å². The van der Waals surface area contributed by atoms with Crippen LogP contribution in [0.1, 0.15) is 22.3 Å². The number of halogens is 1. The third kappa shape index (κ3) is 4.08. The summed E-state index contributed by atoms with van der Waals surface area (Å²) in [5.41, 5.74) is 4.38. The maximum absolute atomic E-state index is 11.6. The Kier molecular flexibility index (Phi) is 5.03. The van der Waals surface area contributed by atoms with E-state index in [4.69, 9.17) is 11.6 Å². The second kappa shape index (κ2) is 6.77. The van der Waals surface area contributed by atoms with E-state index in [2.05, 4.69) is 0 Å². The maximum Gasteiger partial charge on any atom is 0.307 e. The van der Waals surface area contributed by atoms with Gasteiger partial charge in [-0.2, -0.15) is 0 Å². The molecular formula is C18H19ClO2. The molecule has 0 amide bonds. The van der Waals surface area contributed by atoms with Gasteiger partial charge in [-0.3, -0.25) is 4.79 Å². The molecule has 0 heterocycles. The molecular weight excluding hydrogens is 284 g/mol. The fourth-order valence-electron chi connectivity index (χ4n) is 2.61. The first-order chi connectivity index (χ1) is 9.97. The van der Waals surface area contributed by atoms with Gasteiger partial charge in [-0.05, 0) is 61.1 Å². The summed E-state index contributed by atoms with van der Waals surface area (Å²) in [5, 5.41) is 10.2. The Hall–Kier alpha value is -1.80. The highest BCUT2D eigenvalue weighted by molar-refractivity contribution is 6.30. The van der Waals surface area contributed by atoms with E-state index < -0.39 is 11.9 Å². The molecule has 0 fully saturated rings. The van der Waals surface area contributed by atoms with Crippen LogP contribution >= 0.6 is 11.6 Å². The molecule has 2 rings (SSSR count). The Morgan fingerprint density at radius 2 is 1.71 bits per heavy atom. The zero-order valence-corrected chi connectivity index (χ0v) is 13.0. The summed E-state index contributed by atoms with van der Waals surface area (Å²) < 4.78 is 0. The van der Waals surface area contributed by atoms with Crippen molar-refractivity contribution in [3.05, 3.63) is 69.7 Å². The molecule has 110 valence electrons. The lowest BCUT2D eigenvalue weighted by molar-refractivity contribution is -0.141. The number of hydrogen-bond donors (Lipinski definition) is 1. The minimum absolute atomic E-state index is 0.441. The van der Waals surface area contributed by atoms with Gasteiger partial charge in [0.05, 0.1) is 5.92 Å². The Morgan fingerprint density at radius 1 is 1.10 bits per heavy atom. The molecule has 0 aliphatic carbocycles. The van der Waals surface area contributed by atoms with E-state index in [1.165, 1.54) is 0 Å². The smallest absolute Gasteiger partial charge is 0.307 e. The highest BCUT2D eigenvalue weighted by Gasteiger charge is 2.20. The first-order valence-electron chi connectivity index (χ1n) is 6.99. The van der Waals surface area contributed by atoms with Crippen molar-refractivity contribution in [2.45, 2.75) is 26.7 Å². The number of carboxylic acids is 1. The van der Waals surface area contributed by atoms with E-state index in [1.54, 1.807) is 6.07 Å². The number of carboxylic acid groups (broad SMARTS) is 1. The van der Waals surface area contributed by atoms with E-state index >= 15 is 0 Å². The Balaban J connectivity index is 2.22. The molecule has 1 atom stereocenters. The van der Waals surface area contributed by atoms with Crippen LogP contribution in [0.4, 0.5) is 0 Å². The predicted molar refractivity (Wildman–Crippen MR) is 85.9 cm³/mol. The highest BCUT2D eigenvalue weighted by Crippen LogP contribution is 2.22. The number of hydrogen-bond acceptors (Lipinski definition) is 1. The molecule has 0 saturated carbocycles. The highest BCUT2D eigenvalue weighted by atomic mass is 35.5. The van der Waals surface area contributed by atoms with Crippen molar-refractivity contribution >= 4 is 17.6 Å². The summed E-state index contributed by atoms with van der Waals surface area (Å²) in [6.07, 6.45) is 1.03. The van der Waals surface area contributed by atoms with Gasteiger partial charge in [-0.1, -0.05) is 41.9 Å². The molecule has 0 radical (unpaired) electrons. The molecule has 0 aliphatic heterocycles. The van der Waals surface area contributed by atoms with Gasteiger partial charge in [0.1, 0.15) is 0 Å². The monoisotopic (exact) mass is 302 g/mol. The lowest BCUT2D eigenvalue weighted by Crippen LogP contribution is -2.20. The van der Waals surface area contributed by atoms with E-state index in [1.807, 2.05) is 50.2 Å². The van der Waals surface area contributed by atoms with Crippen LogP contribution in [0.15, 0.2) is 42.5 Å². The summed E-state index contributed by atoms with van der Waals surface area (Å²) in [4.78, 5) is 11.6. The minimum Gasteiger partial charge on any atom is -0.481 e. The Labute approximate surface area is 130 Å². The first kappa shape index (κ1) is 15.6. The van der Waals surface area contributed by atoms with E-state index in [9.17, 15) is 9.90 Å². The van der Waals surface area contributed by atoms with Gasteiger partial charge in [0, 0.05) is 5.02 Å². The summed E-state index contributed by atoms with van der Waals surface area (Å²) >= 11 is 5.97. The average Bonchev–Trinajstić information content (AvgIpc) is 2.41. The molecule has 2 aromatic rings. The molecule has 0 bridgehead atoms. The van der Waals surface area contributed by atoms with Crippen LogP contribution in [0.5, 0.6) is 0 Å².